The minimum Gasteiger partial charge on any atom is -0.496 e. The van der Waals surface area contributed by atoms with Gasteiger partial charge in [0.25, 0.3) is 5.91 Å². The van der Waals surface area contributed by atoms with Gasteiger partial charge in [-0.15, -0.1) is 0 Å². The topological polar surface area (TPSA) is 93.7 Å². The lowest BCUT2D eigenvalue weighted by Gasteiger charge is -2.11. The van der Waals surface area contributed by atoms with Gasteiger partial charge in [0, 0.05) is 18.5 Å². The molecule has 7 nitrogen and oxygen atoms in total. The van der Waals surface area contributed by atoms with Gasteiger partial charge in [-0.2, -0.15) is 0 Å². The van der Waals surface area contributed by atoms with Gasteiger partial charge in [-0.25, -0.2) is 4.79 Å². The first kappa shape index (κ1) is 15.8. The summed E-state index contributed by atoms with van der Waals surface area (Å²) >= 11 is 0. The van der Waals surface area contributed by atoms with Crippen molar-refractivity contribution in [3.63, 3.8) is 0 Å². The van der Waals surface area contributed by atoms with Crippen LogP contribution in [0.15, 0.2) is 24.3 Å². The van der Waals surface area contributed by atoms with Gasteiger partial charge in [-0.3, -0.25) is 9.59 Å². The summed E-state index contributed by atoms with van der Waals surface area (Å²) in [4.78, 5) is 34.3. The number of hydrogen-bond donors (Lipinski definition) is 2. The van der Waals surface area contributed by atoms with Crippen LogP contribution in [0.25, 0.3) is 0 Å². The van der Waals surface area contributed by atoms with E-state index in [0.29, 0.717) is 18.6 Å². The molecule has 2 N–H and O–H groups in total. The van der Waals surface area contributed by atoms with Crippen molar-refractivity contribution in [1.82, 2.24) is 10.6 Å². The molecule has 1 saturated heterocycles. The van der Waals surface area contributed by atoms with Gasteiger partial charge >= 0.3 is 5.97 Å². The number of esters is 1. The van der Waals surface area contributed by atoms with E-state index in [4.69, 9.17) is 9.47 Å². The maximum Gasteiger partial charge on any atom is 0.329 e. The second kappa shape index (κ2) is 7.44. The van der Waals surface area contributed by atoms with E-state index in [9.17, 15) is 14.4 Å². The third-order valence-corrected chi connectivity index (χ3v) is 3.29. The highest BCUT2D eigenvalue weighted by molar-refractivity contribution is 5.89. The quantitative estimate of drug-likeness (QED) is 0.729. The van der Waals surface area contributed by atoms with Crippen LogP contribution in [0, 0.1) is 0 Å². The van der Waals surface area contributed by atoms with Gasteiger partial charge in [0.1, 0.15) is 11.8 Å². The van der Waals surface area contributed by atoms with Crippen LogP contribution >= 0.6 is 0 Å². The van der Waals surface area contributed by atoms with Gasteiger partial charge in [0.15, 0.2) is 6.61 Å². The Bertz CT molecular complexity index is 573. The number of para-hydroxylation sites is 1. The third-order valence-electron chi connectivity index (χ3n) is 3.29. The predicted octanol–water partition coefficient (Wildman–Crippen LogP) is 0.133. The molecule has 0 aliphatic carbocycles. The molecule has 22 heavy (non-hydrogen) atoms. The summed E-state index contributed by atoms with van der Waals surface area (Å²) < 4.78 is 10.1. The summed E-state index contributed by atoms with van der Waals surface area (Å²) in [5, 5.41) is 5.13. The molecule has 1 aliphatic rings. The molecule has 1 heterocycles. The highest BCUT2D eigenvalue weighted by atomic mass is 16.5. The molecule has 1 aromatic carbocycles. The van der Waals surface area contributed by atoms with Crippen molar-refractivity contribution in [3.8, 4) is 5.75 Å². The van der Waals surface area contributed by atoms with Crippen LogP contribution in [0.1, 0.15) is 18.4 Å². The number of carbonyl (C=O) groups is 3. The number of methoxy groups -OCH3 is 1. The predicted molar refractivity (Wildman–Crippen MR) is 77.0 cm³/mol. The average Bonchev–Trinajstić information content (AvgIpc) is 2.97. The molecule has 0 spiro atoms. The van der Waals surface area contributed by atoms with Crippen LogP contribution < -0.4 is 15.4 Å². The molecular weight excluding hydrogens is 288 g/mol. The van der Waals surface area contributed by atoms with Crippen LogP contribution in [0.4, 0.5) is 0 Å². The first-order chi connectivity index (χ1) is 10.6. The van der Waals surface area contributed by atoms with Crippen molar-refractivity contribution in [3.05, 3.63) is 29.8 Å². The van der Waals surface area contributed by atoms with Crippen molar-refractivity contribution in [2.75, 3.05) is 13.7 Å². The molecule has 0 saturated carbocycles. The van der Waals surface area contributed by atoms with E-state index in [1.807, 2.05) is 18.2 Å². The Labute approximate surface area is 128 Å². The van der Waals surface area contributed by atoms with Crippen LogP contribution in [0.5, 0.6) is 5.75 Å². The lowest BCUT2D eigenvalue weighted by atomic mass is 10.2. The Morgan fingerprint density at radius 1 is 1.36 bits per heavy atom. The van der Waals surface area contributed by atoms with E-state index in [1.54, 1.807) is 13.2 Å². The summed E-state index contributed by atoms with van der Waals surface area (Å²) in [6.07, 6.45) is 0.709. The Balaban J connectivity index is 1.74. The van der Waals surface area contributed by atoms with Gasteiger partial charge in [-0.05, 0) is 12.5 Å². The smallest absolute Gasteiger partial charge is 0.329 e. The fourth-order valence-corrected chi connectivity index (χ4v) is 2.12. The van der Waals surface area contributed by atoms with Crippen LogP contribution in [0.2, 0.25) is 0 Å². The molecule has 0 radical (unpaired) electrons. The summed E-state index contributed by atoms with van der Waals surface area (Å²) in [7, 11) is 1.55. The van der Waals surface area contributed by atoms with E-state index >= 15 is 0 Å². The van der Waals surface area contributed by atoms with Crippen molar-refractivity contribution in [1.29, 1.82) is 0 Å². The van der Waals surface area contributed by atoms with Crippen LogP contribution in [0.3, 0.4) is 0 Å². The normalized spacial score (nSPS) is 16.8. The number of rotatable bonds is 6. The molecule has 7 heteroatoms. The van der Waals surface area contributed by atoms with Gasteiger partial charge < -0.3 is 20.1 Å². The number of carbonyl (C=O) groups excluding carboxylic acids is 3. The molecule has 1 atom stereocenters. The molecule has 0 aromatic heterocycles. The summed E-state index contributed by atoms with van der Waals surface area (Å²) in [6.45, 7) is -0.0963. The van der Waals surface area contributed by atoms with Crippen molar-refractivity contribution < 1.29 is 23.9 Å². The molecule has 1 aromatic rings. The number of hydrogen-bond acceptors (Lipinski definition) is 5. The Kier molecular flexibility index (Phi) is 5.35. The summed E-state index contributed by atoms with van der Waals surface area (Å²) in [6, 6.07) is 6.66. The summed E-state index contributed by atoms with van der Waals surface area (Å²) in [5.74, 6) is -0.502. The molecule has 2 rings (SSSR count). The van der Waals surface area contributed by atoms with E-state index in [0.717, 1.165) is 5.56 Å². The summed E-state index contributed by atoms with van der Waals surface area (Å²) in [5.41, 5.74) is 0.827. The SMILES string of the molecule is COc1ccccc1CNC(=O)COC(=O)C1CCC(=O)N1. The maximum atomic E-state index is 11.7. The van der Waals surface area contributed by atoms with E-state index in [2.05, 4.69) is 10.6 Å². The van der Waals surface area contributed by atoms with E-state index < -0.39 is 17.9 Å². The largest absolute Gasteiger partial charge is 0.496 e. The molecule has 0 bridgehead atoms. The molecule has 1 unspecified atom stereocenters. The van der Waals surface area contributed by atoms with Crippen molar-refractivity contribution in [2.45, 2.75) is 25.4 Å². The zero-order chi connectivity index (χ0) is 15.9. The van der Waals surface area contributed by atoms with Crippen molar-refractivity contribution in [2.24, 2.45) is 0 Å². The molecule has 1 aliphatic heterocycles. The zero-order valence-electron chi connectivity index (χ0n) is 12.3. The second-order valence-corrected chi connectivity index (χ2v) is 4.86. The van der Waals surface area contributed by atoms with E-state index in [1.165, 1.54) is 0 Å². The first-order valence-electron chi connectivity index (χ1n) is 6.94. The average molecular weight is 306 g/mol. The fraction of sp³-hybridized carbons (Fsp3) is 0.400. The van der Waals surface area contributed by atoms with Crippen LogP contribution in [-0.4, -0.2) is 37.5 Å². The third kappa shape index (κ3) is 4.21. The highest BCUT2D eigenvalue weighted by Gasteiger charge is 2.28. The van der Waals surface area contributed by atoms with Crippen molar-refractivity contribution >= 4 is 17.8 Å². The Morgan fingerprint density at radius 3 is 2.82 bits per heavy atom. The Morgan fingerprint density at radius 2 is 2.14 bits per heavy atom. The first-order valence-corrected chi connectivity index (χ1v) is 6.94. The van der Waals surface area contributed by atoms with Crippen LogP contribution in [-0.2, 0) is 25.7 Å². The number of benzene rings is 1. The lowest BCUT2D eigenvalue weighted by molar-refractivity contribution is -0.150. The monoisotopic (exact) mass is 306 g/mol. The molecule has 1 fully saturated rings. The minimum absolute atomic E-state index is 0.178. The highest BCUT2D eigenvalue weighted by Crippen LogP contribution is 2.16. The zero-order valence-corrected chi connectivity index (χ0v) is 12.3. The molecule has 2 amide bonds. The maximum absolute atomic E-state index is 11.7. The number of nitrogens with one attached hydrogen (secondary N) is 2. The van der Waals surface area contributed by atoms with Gasteiger partial charge in [-0.1, -0.05) is 18.2 Å². The second-order valence-electron chi connectivity index (χ2n) is 4.86. The number of ether oxygens (including phenoxy) is 2. The standard InChI is InChI=1S/C15H18N2O5/c1-21-12-5-3-2-4-10(12)8-16-14(19)9-22-15(20)11-6-7-13(18)17-11/h2-5,11H,6-9H2,1H3,(H,16,19)(H,17,18). The fourth-order valence-electron chi connectivity index (χ4n) is 2.12. The van der Waals surface area contributed by atoms with E-state index in [-0.39, 0.29) is 19.1 Å². The lowest BCUT2D eigenvalue weighted by Crippen LogP contribution is -2.37. The van der Waals surface area contributed by atoms with Gasteiger partial charge in [0.2, 0.25) is 5.91 Å². The Hall–Kier alpha value is -2.57. The van der Waals surface area contributed by atoms with Gasteiger partial charge in [0.05, 0.1) is 7.11 Å². The minimum atomic E-state index is -0.644. The molecular formula is C15H18N2O5. The number of amides is 2. The molecule has 118 valence electrons.